The number of carbonyl (C=O) groups is 1. The summed E-state index contributed by atoms with van der Waals surface area (Å²) >= 11 is 0. The van der Waals surface area contributed by atoms with Crippen LogP contribution in [-0.2, 0) is 0 Å². The van der Waals surface area contributed by atoms with Crippen LogP contribution in [0.2, 0.25) is 0 Å². The van der Waals surface area contributed by atoms with E-state index >= 15 is 0 Å². The molecule has 1 atom stereocenters. The minimum Gasteiger partial charge on any atom is -0.366 e. The molecule has 0 saturated carbocycles. The monoisotopic (exact) mass is 401 g/mol. The number of rotatable bonds is 4. The van der Waals surface area contributed by atoms with Gasteiger partial charge in [-0.1, -0.05) is 12.1 Å². The van der Waals surface area contributed by atoms with E-state index in [9.17, 15) is 4.79 Å². The molecule has 1 fully saturated rings. The Hall–Kier alpha value is -3.68. The number of aromatic nitrogens is 3. The number of piperidine rings is 1. The second-order valence-corrected chi connectivity index (χ2v) is 7.57. The summed E-state index contributed by atoms with van der Waals surface area (Å²) in [6.07, 6.45) is 8.72. The van der Waals surface area contributed by atoms with Crippen LogP contribution in [-0.4, -0.2) is 33.9 Å². The smallest absolute Gasteiger partial charge is 0.248 e. The zero-order chi connectivity index (χ0) is 20.5. The fourth-order valence-corrected chi connectivity index (χ4v) is 4.08. The maximum atomic E-state index is 11.7. The number of hydrogen-bond acceptors (Lipinski definition) is 7. The van der Waals surface area contributed by atoms with Crippen molar-refractivity contribution in [3.05, 3.63) is 66.1 Å². The topological polar surface area (TPSA) is 100 Å². The van der Waals surface area contributed by atoms with Crippen LogP contribution in [0.15, 0.2) is 55.0 Å². The molecule has 1 amide bonds. The first kappa shape index (κ1) is 18.4. The minimum atomic E-state index is -0.482. The molecular formula is C22H23N7O. The molecular weight excluding hydrogens is 378 g/mol. The van der Waals surface area contributed by atoms with Crippen molar-refractivity contribution in [2.24, 2.45) is 5.73 Å². The molecule has 5 rings (SSSR count). The number of primary amides is 1. The lowest BCUT2D eigenvalue weighted by Crippen LogP contribution is -2.31. The van der Waals surface area contributed by atoms with Crippen molar-refractivity contribution in [2.75, 3.05) is 28.2 Å². The van der Waals surface area contributed by atoms with E-state index in [-0.39, 0.29) is 6.17 Å². The highest BCUT2D eigenvalue weighted by Gasteiger charge is 2.32. The molecule has 2 aromatic heterocycles. The number of anilines is 4. The Bertz CT molecular complexity index is 1060. The quantitative estimate of drug-likeness (QED) is 0.692. The molecule has 0 bridgehead atoms. The van der Waals surface area contributed by atoms with Gasteiger partial charge in [-0.15, -0.1) is 0 Å². The van der Waals surface area contributed by atoms with Crippen LogP contribution in [0.25, 0.3) is 0 Å². The summed E-state index contributed by atoms with van der Waals surface area (Å²) < 4.78 is 0. The standard InChI is InChI=1S/C22H23N7O/c23-20(30)15-8-9-24-19(12-15)29-18-7-3-2-6-17(18)27-21(29)16-13-25-22(26-14-16)28-10-4-1-5-11-28/h2-3,6-9,12-14,21,27H,1,4-5,10-11H2,(H2,23,30). The van der Waals surface area contributed by atoms with Crippen LogP contribution in [0.1, 0.15) is 41.3 Å². The van der Waals surface area contributed by atoms with Crippen LogP contribution in [0.4, 0.5) is 23.1 Å². The molecule has 4 heterocycles. The molecule has 8 heteroatoms. The van der Waals surface area contributed by atoms with Gasteiger partial charge in [0.15, 0.2) is 0 Å². The minimum absolute atomic E-state index is 0.242. The molecule has 1 unspecified atom stereocenters. The second-order valence-electron chi connectivity index (χ2n) is 7.57. The Labute approximate surface area is 174 Å². The normalized spacial score (nSPS) is 18.1. The first-order chi connectivity index (χ1) is 14.7. The van der Waals surface area contributed by atoms with Gasteiger partial charge in [-0.05, 0) is 43.5 Å². The number of para-hydroxylation sites is 2. The highest BCUT2D eigenvalue weighted by atomic mass is 16.1. The van der Waals surface area contributed by atoms with Gasteiger partial charge in [0.05, 0.1) is 11.4 Å². The van der Waals surface area contributed by atoms with Crippen LogP contribution >= 0.6 is 0 Å². The van der Waals surface area contributed by atoms with E-state index < -0.39 is 5.91 Å². The molecule has 30 heavy (non-hydrogen) atoms. The molecule has 152 valence electrons. The highest BCUT2D eigenvalue weighted by Crippen LogP contribution is 2.45. The van der Waals surface area contributed by atoms with E-state index in [1.807, 2.05) is 41.6 Å². The molecule has 2 aliphatic heterocycles. The first-order valence-corrected chi connectivity index (χ1v) is 10.2. The number of fused-ring (bicyclic) bond motifs is 1. The summed E-state index contributed by atoms with van der Waals surface area (Å²) in [5, 5.41) is 3.52. The fraction of sp³-hybridized carbons (Fsp3) is 0.273. The zero-order valence-corrected chi connectivity index (χ0v) is 16.5. The summed E-state index contributed by atoms with van der Waals surface area (Å²) in [5.74, 6) is 0.924. The average Bonchev–Trinajstić information content (AvgIpc) is 3.19. The SMILES string of the molecule is NC(=O)c1ccnc(N2c3ccccc3NC2c2cnc(N3CCCCC3)nc2)c1. The van der Waals surface area contributed by atoms with Crippen molar-refractivity contribution in [2.45, 2.75) is 25.4 Å². The Morgan fingerprint density at radius 2 is 1.80 bits per heavy atom. The zero-order valence-electron chi connectivity index (χ0n) is 16.5. The summed E-state index contributed by atoms with van der Waals surface area (Å²) in [7, 11) is 0. The third-order valence-corrected chi connectivity index (χ3v) is 5.60. The lowest BCUT2D eigenvalue weighted by atomic mass is 10.1. The van der Waals surface area contributed by atoms with E-state index in [2.05, 4.69) is 25.2 Å². The van der Waals surface area contributed by atoms with E-state index in [1.54, 1.807) is 18.3 Å². The van der Waals surface area contributed by atoms with Gasteiger partial charge in [-0.3, -0.25) is 9.69 Å². The van der Waals surface area contributed by atoms with Gasteiger partial charge in [-0.25, -0.2) is 15.0 Å². The highest BCUT2D eigenvalue weighted by molar-refractivity contribution is 5.94. The van der Waals surface area contributed by atoms with Gasteiger partial charge >= 0.3 is 0 Å². The molecule has 3 N–H and O–H groups in total. The van der Waals surface area contributed by atoms with Crippen molar-refractivity contribution >= 4 is 29.0 Å². The maximum Gasteiger partial charge on any atom is 0.248 e. The van der Waals surface area contributed by atoms with Gasteiger partial charge in [0.25, 0.3) is 0 Å². The Morgan fingerprint density at radius 3 is 2.57 bits per heavy atom. The van der Waals surface area contributed by atoms with Crippen molar-refractivity contribution in [3.63, 3.8) is 0 Å². The van der Waals surface area contributed by atoms with Crippen molar-refractivity contribution in [3.8, 4) is 0 Å². The number of nitrogens with one attached hydrogen (secondary N) is 1. The van der Waals surface area contributed by atoms with Crippen LogP contribution in [0, 0.1) is 0 Å². The van der Waals surface area contributed by atoms with E-state index in [0.717, 1.165) is 36.0 Å². The Morgan fingerprint density at radius 1 is 1.03 bits per heavy atom. The Balaban J connectivity index is 1.50. The molecule has 0 aliphatic carbocycles. The largest absolute Gasteiger partial charge is 0.366 e. The lowest BCUT2D eigenvalue weighted by molar-refractivity contribution is 0.1000. The summed E-state index contributed by atoms with van der Waals surface area (Å²) in [4.78, 5) is 29.7. The van der Waals surface area contributed by atoms with E-state index in [4.69, 9.17) is 5.73 Å². The average molecular weight is 401 g/mol. The van der Waals surface area contributed by atoms with Gasteiger partial charge in [0.2, 0.25) is 11.9 Å². The number of nitrogens with two attached hydrogens (primary N) is 1. The van der Waals surface area contributed by atoms with Gasteiger partial charge in [0, 0.05) is 42.8 Å². The molecule has 1 saturated heterocycles. The van der Waals surface area contributed by atoms with Crippen molar-refractivity contribution in [1.29, 1.82) is 0 Å². The third-order valence-electron chi connectivity index (χ3n) is 5.60. The molecule has 1 aromatic carbocycles. The van der Waals surface area contributed by atoms with E-state index in [1.165, 1.54) is 19.3 Å². The number of nitrogens with zero attached hydrogens (tertiary/aromatic N) is 5. The van der Waals surface area contributed by atoms with Crippen molar-refractivity contribution in [1.82, 2.24) is 15.0 Å². The third kappa shape index (κ3) is 3.30. The molecule has 8 nitrogen and oxygen atoms in total. The van der Waals surface area contributed by atoms with Crippen molar-refractivity contribution < 1.29 is 4.79 Å². The predicted octanol–water partition coefficient (Wildman–Crippen LogP) is 3.22. The first-order valence-electron chi connectivity index (χ1n) is 10.2. The van der Waals surface area contributed by atoms with Crippen LogP contribution in [0.3, 0.4) is 0 Å². The second kappa shape index (κ2) is 7.62. The molecule has 2 aliphatic rings. The lowest BCUT2D eigenvalue weighted by Gasteiger charge is -2.28. The summed E-state index contributed by atoms with van der Waals surface area (Å²) in [5.41, 5.74) is 8.76. The molecule has 0 radical (unpaired) electrons. The van der Waals surface area contributed by atoms with Crippen LogP contribution in [0.5, 0.6) is 0 Å². The summed E-state index contributed by atoms with van der Waals surface area (Å²) in [6.45, 7) is 2.00. The number of amides is 1. The van der Waals surface area contributed by atoms with E-state index in [0.29, 0.717) is 11.4 Å². The maximum absolute atomic E-state index is 11.7. The summed E-state index contributed by atoms with van der Waals surface area (Å²) in [6, 6.07) is 11.3. The number of carbonyl (C=O) groups excluding carboxylic acids is 1. The molecule has 0 spiro atoms. The van der Waals surface area contributed by atoms with Gasteiger partial charge in [-0.2, -0.15) is 0 Å². The number of benzene rings is 1. The Kier molecular flexibility index (Phi) is 4.66. The van der Waals surface area contributed by atoms with Crippen LogP contribution < -0.4 is 20.9 Å². The number of pyridine rings is 1. The molecule has 3 aromatic rings. The predicted molar refractivity (Wildman–Crippen MR) is 116 cm³/mol. The number of hydrogen-bond donors (Lipinski definition) is 2. The van der Waals surface area contributed by atoms with Gasteiger partial charge in [0.1, 0.15) is 12.0 Å². The fourth-order valence-electron chi connectivity index (χ4n) is 4.08. The van der Waals surface area contributed by atoms with Gasteiger partial charge < -0.3 is 16.0 Å².